The van der Waals surface area contributed by atoms with Gasteiger partial charge in [-0.1, -0.05) is 20.8 Å². The number of hydrogen-bond acceptors (Lipinski definition) is 4. The van der Waals surface area contributed by atoms with Crippen LogP contribution in [0.1, 0.15) is 70.4 Å². The van der Waals surface area contributed by atoms with Crippen molar-refractivity contribution in [3.8, 4) is 17.2 Å². The van der Waals surface area contributed by atoms with Crippen molar-refractivity contribution in [2.45, 2.75) is 72.1 Å². The van der Waals surface area contributed by atoms with E-state index in [4.69, 9.17) is 0 Å². The highest BCUT2D eigenvalue weighted by atomic mass is 16.4. The van der Waals surface area contributed by atoms with Gasteiger partial charge < -0.3 is 20.4 Å². The third-order valence-corrected chi connectivity index (χ3v) is 5.22. The van der Waals surface area contributed by atoms with E-state index in [0.717, 1.165) is 12.8 Å². The van der Waals surface area contributed by atoms with Gasteiger partial charge in [-0.2, -0.15) is 0 Å². The summed E-state index contributed by atoms with van der Waals surface area (Å²) >= 11 is 0. The molecule has 2 rings (SSSR count). The summed E-state index contributed by atoms with van der Waals surface area (Å²) in [7, 11) is 0. The number of carboxylic acid groups (broad SMARTS) is 1. The van der Waals surface area contributed by atoms with Gasteiger partial charge in [0, 0.05) is 17.2 Å². The summed E-state index contributed by atoms with van der Waals surface area (Å²) in [6, 6.07) is 1.17. The largest absolute Gasteiger partial charge is 0.508 e. The first-order chi connectivity index (χ1) is 11.6. The molecule has 0 aliphatic heterocycles. The fourth-order valence-corrected chi connectivity index (χ4v) is 3.41. The molecule has 1 saturated carbocycles. The van der Waals surface area contributed by atoms with E-state index < -0.39 is 11.4 Å². The van der Waals surface area contributed by atoms with Crippen LogP contribution in [-0.4, -0.2) is 26.4 Å². The quantitative estimate of drug-likeness (QED) is 0.412. The Hall–Kier alpha value is -1.91. The molecule has 0 amide bonds. The standard InChI is InChI=1S/C20H30O5/c1-19(2,3)8-4-7-14-13(15(21)12-16(22)17(14)23)6-5-9-20(10-11-20)18(24)25/h12,21-23H,4-11H2,1-3H3,(H,24,25). The Balaban J connectivity index is 2.10. The summed E-state index contributed by atoms with van der Waals surface area (Å²) in [6.07, 6.45) is 5.52. The van der Waals surface area contributed by atoms with Crippen molar-refractivity contribution in [2.24, 2.45) is 10.8 Å². The van der Waals surface area contributed by atoms with Crippen LogP contribution in [0, 0.1) is 10.8 Å². The minimum atomic E-state index is -0.740. The van der Waals surface area contributed by atoms with Crippen molar-refractivity contribution < 1.29 is 25.2 Å². The number of hydrogen-bond donors (Lipinski definition) is 4. The first kappa shape index (κ1) is 19.4. The molecule has 0 aromatic heterocycles. The van der Waals surface area contributed by atoms with Gasteiger partial charge >= 0.3 is 5.97 Å². The summed E-state index contributed by atoms with van der Waals surface area (Å²) < 4.78 is 0. The molecule has 0 unspecified atom stereocenters. The van der Waals surface area contributed by atoms with Crippen molar-refractivity contribution >= 4 is 5.97 Å². The van der Waals surface area contributed by atoms with Crippen molar-refractivity contribution in [2.75, 3.05) is 0 Å². The van der Waals surface area contributed by atoms with E-state index in [1.807, 2.05) is 0 Å². The van der Waals surface area contributed by atoms with Gasteiger partial charge in [0.2, 0.25) is 0 Å². The maximum absolute atomic E-state index is 11.3. The SMILES string of the molecule is CC(C)(C)CCCc1c(O)c(O)cc(O)c1CCCC1(C(=O)O)CC1. The van der Waals surface area contributed by atoms with Crippen LogP contribution in [0.4, 0.5) is 0 Å². The molecular weight excluding hydrogens is 320 g/mol. The molecule has 140 valence electrons. The maximum atomic E-state index is 11.3. The second-order valence-electron chi connectivity index (χ2n) is 8.57. The first-order valence-electron chi connectivity index (χ1n) is 9.05. The Morgan fingerprint density at radius 1 is 1.04 bits per heavy atom. The van der Waals surface area contributed by atoms with Gasteiger partial charge in [-0.05, 0) is 56.8 Å². The molecule has 0 radical (unpaired) electrons. The molecule has 0 atom stereocenters. The minimum Gasteiger partial charge on any atom is -0.508 e. The number of benzene rings is 1. The highest BCUT2D eigenvalue weighted by Crippen LogP contribution is 2.50. The predicted octanol–water partition coefficient (Wildman–Crippen LogP) is 4.36. The zero-order valence-corrected chi connectivity index (χ0v) is 15.4. The zero-order valence-electron chi connectivity index (χ0n) is 15.4. The van der Waals surface area contributed by atoms with Crippen molar-refractivity contribution in [3.05, 3.63) is 17.2 Å². The van der Waals surface area contributed by atoms with E-state index in [0.29, 0.717) is 49.7 Å². The lowest BCUT2D eigenvalue weighted by atomic mass is 9.87. The summed E-state index contributed by atoms with van der Waals surface area (Å²) in [5.74, 6) is -1.24. The molecule has 1 fully saturated rings. The Bertz CT molecular complexity index is 638. The molecule has 5 nitrogen and oxygen atoms in total. The van der Waals surface area contributed by atoms with Crippen LogP contribution in [0.2, 0.25) is 0 Å². The third kappa shape index (κ3) is 4.80. The molecule has 25 heavy (non-hydrogen) atoms. The lowest BCUT2D eigenvalue weighted by Crippen LogP contribution is -2.14. The van der Waals surface area contributed by atoms with Gasteiger partial charge in [0.25, 0.3) is 0 Å². The van der Waals surface area contributed by atoms with Crippen molar-refractivity contribution in [1.29, 1.82) is 0 Å². The van der Waals surface area contributed by atoms with Crippen LogP contribution in [0.3, 0.4) is 0 Å². The van der Waals surface area contributed by atoms with Crippen LogP contribution in [0.25, 0.3) is 0 Å². The average Bonchev–Trinajstić information content (AvgIpc) is 3.27. The normalized spacial score (nSPS) is 16.0. The molecule has 5 heteroatoms. The smallest absolute Gasteiger partial charge is 0.309 e. The van der Waals surface area contributed by atoms with Crippen LogP contribution in [-0.2, 0) is 17.6 Å². The fourth-order valence-electron chi connectivity index (χ4n) is 3.41. The van der Waals surface area contributed by atoms with E-state index >= 15 is 0 Å². The third-order valence-electron chi connectivity index (χ3n) is 5.22. The number of aliphatic carboxylic acids is 1. The molecular formula is C20H30O5. The Morgan fingerprint density at radius 3 is 2.16 bits per heavy atom. The molecule has 0 saturated heterocycles. The molecule has 1 aromatic rings. The van der Waals surface area contributed by atoms with E-state index in [9.17, 15) is 25.2 Å². The van der Waals surface area contributed by atoms with E-state index in [2.05, 4.69) is 20.8 Å². The predicted molar refractivity (Wildman–Crippen MR) is 96.1 cm³/mol. The molecule has 1 aromatic carbocycles. The fraction of sp³-hybridized carbons (Fsp3) is 0.650. The van der Waals surface area contributed by atoms with Crippen molar-refractivity contribution in [3.63, 3.8) is 0 Å². The second-order valence-corrected chi connectivity index (χ2v) is 8.57. The van der Waals surface area contributed by atoms with E-state index in [1.165, 1.54) is 6.07 Å². The van der Waals surface area contributed by atoms with Crippen LogP contribution in [0.5, 0.6) is 17.2 Å². The molecule has 4 N–H and O–H groups in total. The Labute approximate surface area is 149 Å². The van der Waals surface area contributed by atoms with Crippen LogP contribution in [0.15, 0.2) is 6.07 Å². The number of aromatic hydroxyl groups is 3. The molecule has 0 spiro atoms. The Morgan fingerprint density at radius 2 is 1.64 bits per heavy atom. The summed E-state index contributed by atoms with van der Waals surface area (Å²) in [5, 5.41) is 39.5. The van der Waals surface area contributed by atoms with Crippen molar-refractivity contribution in [1.82, 2.24) is 0 Å². The van der Waals surface area contributed by atoms with Gasteiger partial charge in [-0.3, -0.25) is 4.79 Å². The minimum absolute atomic E-state index is 0.0266. The molecule has 0 heterocycles. The lowest BCUT2D eigenvalue weighted by molar-refractivity contribution is -0.143. The number of carboxylic acids is 1. The molecule has 1 aliphatic carbocycles. The number of rotatable bonds is 8. The van der Waals surface area contributed by atoms with E-state index in [1.54, 1.807) is 0 Å². The monoisotopic (exact) mass is 350 g/mol. The first-order valence-corrected chi connectivity index (χ1v) is 9.05. The van der Waals surface area contributed by atoms with Crippen LogP contribution >= 0.6 is 0 Å². The summed E-state index contributed by atoms with van der Waals surface area (Å²) in [6.45, 7) is 6.44. The summed E-state index contributed by atoms with van der Waals surface area (Å²) in [4.78, 5) is 11.3. The zero-order chi connectivity index (χ0) is 18.8. The number of carbonyl (C=O) groups is 1. The van der Waals surface area contributed by atoms with Gasteiger partial charge in [0.05, 0.1) is 5.41 Å². The highest BCUT2D eigenvalue weighted by Gasteiger charge is 2.49. The van der Waals surface area contributed by atoms with Gasteiger partial charge in [-0.25, -0.2) is 0 Å². The highest BCUT2D eigenvalue weighted by molar-refractivity contribution is 5.77. The number of phenols is 3. The van der Waals surface area contributed by atoms with Gasteiger partial charge in [-0.15, -0.1) is 0 Å². The second kappa shape index (κ2) is 7.14. The van der Waals surface area contributed by atoms with E-state index in [-0.39, 0.29) is 22.7 Å². The number of phenolic OH excluding ortho intramolecular Hbond substituents is 3. The average molecular weight is 350 g/mol. The molecule has 1 aliphatic rings. The maximum Gasteiger partial charge on any atom is 0.309 e. The van der Waals surface area contributed by atoms with Crippen LogP contribution < -0.4 is 0 Å². The molecule has 0 bridgehead atoms. The van der Waals surface area contributed by atoms with Gasteiger partial charge in [0.1, 0.15) is 5.75 Å². The topological polar surface area (TPSA) is 98.0 Å². The lowest BCUT2D eigenvalue weighted by Gasteiger charge is -2.20. The Kier molecular flexibility index (Phi) is 5.55. The van der Waals surface area contributed by atoms with Gasteiger partial charge in [0.15, 0.2) is 11.5 Å². The summed E-state index contributed by atoms with van der Waals surface area (Å²) in [5.41, 5.74) is 0.808.